The Morgan fingerprint density at radius 3 is 2.70 bits per heavy atom. The number of nitrogens with zero attached hydrogens (tertiary/aromatic N) is 1. The number of methoxy groups -OCH3 is 1. The summed E-state index contributed by atoms with van der Waals surface area (Å²) in [4.78, 5) is 2.88. The van der Waals surface area contributed by atoms with Crippen LogP contribution < -0.4 is 10.5 Å². The summed E-state index contributed by atoms with van der Waals surface area (Å²) in [6.45, 7) is 7.01. The lowest BCUT2D eigenvalue weighted by Gasteiger charge is -2.25. The molecule has 2 N–H and O–H groups in total. The molecule has 1 aromatic carbocycles. The van der Waals surface area contributed by atoms with Crippen molar-refractivity contribution >= 4 is 28.8 Å². The van der Waals surface area contributed by atoms with Crippen LogP contribution in [0.1, 0.15) is 25.8 Å². The first-order valence-corrected chi connectivity index (χ1v) is 7.54. The molecule has 5 heteroatoms. The molecule has 0 amide bonds. The largest absolute Gasteiger partial charge is 0.496 e. The highest BCUT2D eigenvalue weighted by Crippen LogP contribution is 2.24. The highest BCUT2D eigenvalue weighted by molar-refractivity contribution is 7.80. The molecule has 0 aromatic heterocycles. The van der Waals surface area contributed by atoms with Crippen molar-refractivity contribution in [2.75, 3.05) is 20.2 Å². The molecule has 0 unspecified atom stereocenters. The van der Waals surface area contributed by atoms with Gasteiger partial charge in [-0.3, -0.25) is 4.90 Å². The van der Waals surface area contributed by atoms with Gasteiger partial charge in [0.2, 0.25) is 0 Å². The van der Waals surface area contributed by atoms with E-state index >= 15 is 0 Å². The van der Waals surface area contributed by atoms with E-state index in [0.717, 1.165) is 42.4 Å². The Morgan fingerprint density at radius 2 is 2.15 bits per heavy atom. The number of thiocarbonyl (C=S) groups is 1. The lowest BCUT2D eigenvalue weighted by atomic mass is 10.1. The molecule has 0 aliphatic heterocycles. The third-order valence-corrected chi connectivity index (χ3v) is 3.37. The summed E-state index contributed by atoms with van der Waals surface area (Å²) in [6, 6.07) is 5.69. The molecular weight excluding hydrogens is 292 g/mol. The zero-order valence-corrected chi connectivity index (χ0v) is 13.9. The zero-order valence-electron chi connectivity index (χ0n) is 12.4. The Balaban J connectivity index is 2.81. The Bertz CT molecular complexity index is 451. The Hall–Kier alpha value is -0.840. The molecule has 0 saturated carbocycles. The van der Waals surface area contributed by atoms with Gasteiger partial charge in [0.1, 0.15) is 5.75 Å². The number of nitrogens with two attached hydrogens (primary N) is 1. The number of hydrogen-bond acceptors (Lipinski definition) is 3. The van der Waals surface area contributed by atoms with Crippen molar-refractivity contribution in [1.29, 1.82) is 0 Å². The minimum Gasteiger partial charge on any atom is -0.496 e. The summed E-state index contributed by atoms with van der Waals surface area (Å²) in [5, 5.41) is 0.722. The first-order chi connectivity index (χ1) is 9.42. The third-order valence-electron chi connectivity index (χ3n) is 2.93. The van der Waals surface area contributed by atoms with Gasteiger partial charge in [0.05, 0.1) is 12.1 Å². The van der Waals surface area contributed by atoms with Gasteiger partial charge in [-0.1, -0.05) is 37.7 Å². The van der Waals surface area contributed by atoms with Crippen molar-refractivity contribution in [3.8, 4) is 5.75 Å². The average Bonchev–Trinajstić information content (AvgIpc) is 2.35. The summed E-state index contributed by atoms with van der Waals surface area (Å²) >= 11 is 11.0. The van der Waals surface area contributed by atoms with Crippen LogP contribution in [0.2, 0.25) is 5.02 Å². The van der Waals surface area contributed by atoms with E-state index in [1.54, 1.807) is 7.11 Å². The summed E-state index contributed by atoms with van der Waals surface area (Å²) in [5.41, 5.74) is 6.69. The summed E-state index contributed by atoms with van der Waals surface area (Å²) in [6.07, 6.45) is 0.727. The van der Waals surface area contributed by atoms with E-state index in [1.807, 2.05) is 18.2 Å². The minimum atomic E-state index is 0.553. The monoisotopic (exact) mass is 314 g/mol. The van der Waals surface area contributed by atoms with Crippen molar-refractivity contribution in [3.63, 3.8) is 0 Å². The van der Waals surface area contributed by atoms with Crippen LogP contribution in [0.5, 0.6) is 5.75 Å². The van der Waals surface area contributed by atoms with Crippen LogP contribution in [0.25, 0.3) is 0 Å². The van der Waals surface area contributed by atoms with Gasteiger partial charge < -0.3 is 10.5 Å². The lowest BCUT2D eigenvalue weighted by Crippen LogP contribution is -2.30. The van der Waals surface area contributed by atoms with Crippen LogP contribution in [0.4, 0.5) is 0 Å². The molecule has 0 bridgehead atoms. The molecule has 20 heavy (non-hydrogen) atoms. The Kier molecular flexibility index (Phi) is 7.27. The number of benzene rings is 1. The van der Waals surface area contributed by atoms with E-state index in [2.05, 4.69) is 18.7 Å². The zero-order chi connectivity index (χ0) is 15.1. The number of hydrogen-bond donors (Lipinski definition) is 1. The normalized spacial score (nSPS) is 11.1. The molecule has 112 valence electrons. The molecule has 0 aliphatic carbocycles. The fourth-order valence-corrected chi connectivity index (χ4v) is 2.42. The summed E-state index contributed by atoms with van der Waals surface area (Å²) in [5.74, 6) is 1.44. The molecule has 0 atom stereocenters. The van der Waals surface area contributed by atoms with Crippen molar-refractivity contribution < 1.29 is 4.74 Å². The molecule has 1 aromatic rings. The Morgan fingerprint density at radius 1 is 1.45 bits per heavy atom. The SMILES string of the molecule is COc1ccc(Cl)cc1CN(CCC(N)=S)CC(C)C. The minimum absolute atomic E-state index is 0.553. The van der Waals surface area contributed by atoms with E-state index in [1.165, 1.54) is 0 Å². The van der Waals surface area contributed by atoms with E-state index in [4.69, 9.17) is 34.3 Å². The molecule has 3 nitrogen and oxygen atoms in total. The first kappa shape index (κ1) is 17.2. The Labute approximate surface area is 132 Å². The van der Waals surface area contributed by atoms with Gasteiger partial charge in [-0.25, -0.2) is 0 Å². The van der Waals surface area contributed by atoms with E-state index in [0.29, 0.717) is 10.9 Å². The molecule has 0 aliphatic rings. The van der Waals surface area contributed by atoms with Gasteiger partial charge in [-0.2, -0.15) is 0 Å². The van der Waals surface area contributed by atoms with Crippen LogP contribution >= 0.6 is 23.8 Å². The second-order valence-electron chi connectivity index (χ2n) is 5.30. The molecule has 0 saturated heterocycles. The standard InChI is InChI=1S/C15H23ClN2OS/c1-11(2)9-18(7-6-15(17)20)10-12-8-13(16)4-5-14(12)19-3/h4-5,8,11H,6-7,9-10H2,1-3H3,(H2,17,20). The van der Waals surface area contributed by atoms with E-state index in [-0.39, 0.29) is 0 Å². The van der Waals surface area contributed by atoms with Crippen LogP contribution in [-0.4, -0.2) is 30.1 Å². The highest BCUT2D eigenvalue weighted by atomic mass is 35.5. The number of ether oxygens (including phenoxy) is 1. The second kappa shape index (κ2) is 8.45. The highest BCUT2D eigenvalue weighted by Gasteiger charge is 2.12. The van der Waals surface area contributed by atoms with Crippen molar-refractivity contribution in [3.05, 3.63) is 28.8 Å². The molecule has 0 spiro atoms. The third kappa shape index (κ3) is 6.07. The van der Waals surface area contributed by atoms with Crippen LogP contribution in [-0.2, 0) is 6.54 Å². The maximum Gasteiger partial charge on any atom is 0.123 e. The topological polar surface area (TPSA) is 38.5 Å². The molecule has 0 radical (unpaired) electrons. The van der Waals surface area contributed by atoms with Crippen LogP contribution in [0.15, 0.2) is 18.2 Å². The van der Waals surface area contributed by atoms with Gasteiger partial charge in [-0.05, 0) is 24.1 Å². The van der Waals surface area contributed by atoms with Crippen LogP contribution in [0, 0.1) is 5.92 Å². The van der Waals surface area contributed by atoms with Gasteiger partial charge in [0.25, 0.3) is 0 Å². The maximum absolute atomic E-state index is 6.08. The van der Waals surface area contributed by atoms with E-state index < -0.39 is 0 Å². The average molecular weight is 315 g/mol. The molecular formula is C15H23ClN2OS. The smallest absolute Gasteiger partial charge is 0.123 e. The van der Waals surface area contributed by atoms with Crippen LogP contribution in [0.3, 0.4) is 0 Å². The fraction of sp³-hybridized carbons (Fsp3) is 0.533. The summed E-state index contributed by atoms with van der Waals surface area (Å²) in [7, 11) is 1.68. The fourth-order valence-electron chi connectivity index (χ4n) is 2.13. The molecule has 0 fully saturated rings. The van der Waals surface area contributed by atoms with Gasteiger partial charge >= 0.3 is 0 Å². The lowest BCUT2D eigenvalue weighted by molar-refractivity contribution is 0.239. The van der Waals surface area contributed by atoms with Gasteiger partial charge in [0.15, 0.2) is 0 Å². The predicted molar refractivity (Wildman–Crippen MR) is 89.5 cm³/mol. The predicted octanol–water partition coefficient (Wildman–Crippen LogP) is 3.48. The van der Waals surface area contributed by atoms with Gasteiger partial charge in [-0.15, -0.1) is 0 Å². The summed E-state index contributed by atoms with van der Waals surface area (Å²) < 4.78 is 5.40. The maximum atomic E-state index is 6.08. The van der Waals surface area contributed by atoms with Crippen molar-refractivity contribution in [2.45, 2.75) is 26.8 Å². The van der Waals surface area contributed by atoms with Gasteiger partial charge in [0, 0.05) is 36.6 Å². The quantitative estimate of drug-likeness (QED) is 0.746. The van der Waals surface area contributed by atoms with Crippen molar-refractivity contribution in [2.24, 2.45) is 11.7 Å². The first-order valence-electron chi connectivity index (χ1n) is 6.75. The number of halogens is 1. The van der Waals surface area contributed by atoms with E-state index in [9.17, 15) is 0 Å². The second-order valence-corrected chi connectivity index (χ2v) is 6.26. The number of rotatable bonds is 8. The molecule has 1 rings (SSSR count). The molecule has 0 heterocycles. The van der Waals surface area contributed by atoms with Crippen molar-refractivity contribution in [1.82, 2.24) is 4.90 Å².